The molecule has 4 nitrogen and oxygen atoms in total. The normalized spacial score (nSPS) is 23.1. The van der Waals surface area contributed by atoms with Gasteiger partial charge >= 0.3 is 0 Å². The summed E-state index contributed by atoms with van der Waals surface area (Å²) in [6.07, 6.45) is 4.37. The smallest absolute Gasteiger partial charge is 0.279 e. The molecule has 25 heavy (non-hydrogen) atoms. The second kappa shape index (κ2) is 6.29. The van der Waals surface area contributed by atoms with Gasteiger partial charge in [-0.1, -0.05) is 36.4 Å². The average Bonchev–Trinajstić information content (AvgIpc) is 3.25. The lowest BCUT2D eigenvalue weighted by atomic mass is 10.2. The number of aromatic nitrogens is 1. The molecule has 5 heteroatoms. The molecule has 0 N–H and O–H groups in total. The summed E-state index contributed by atoms with van der Waals surface area (Å²) in [5, 5.41) is 1.12. The van der Waals surface area contributed by atoms with Gasteiger partial charge in [-0.05, 0) is 37.1 Å². The van der Waals surface area contributed by atoms with Crippen molar-refractivity contribution in [3.63, 3.8) is 0 Å². The fraction of sp³-hybridized carbons (Fsp3) is 0.250. The van der Waals surface area contributed by atoms with Gasteiger partial charge in [0.1, 0.15) is 5.52 Å². The molecule has 2 aliphatic heterocycles. The van der Waals surface area contributed by atoms with E-state index in [4.69, 9.17) is 4.52 Å². The van der Waals surface area contributed by atoms with E-state index in [0.29, 0.717) is 6.04 Å². The number of para-hydroxylation sites is 2. The van der Waals surface area contributed by atoms with Crippen molar-refractivity contribution < 1.29 is 4.52 Å². The van der Waals surface area contributed by atoms with Crippen LogP contribution in [0.5, 0.6) is 5.75 Å². The van der Waals surface area contributed by atoms with Crippen LogP contribution in [0.25, 0.3) is 10.9 Å². The molecule has 3 aromatic rings. The number of pyridine rings is 1. The molecule has 0 spiro atoms. The van der Waals surface area contributed by atoms with Crippen molar-refractivity contribution in [2.24, 2.45) is 0 Å². The van der Waals surface area contributed by atoms with Gasteiger partial charge < -0.3 is 9.19 Å². The number of hydrogen-bond donors (Lipinski definition) is 0. The monoisotopic (exact) mass is 349 g/mol. The number of anilines is 1. The summed E-state index contributed by atoms with van der Waals surface area (Å²) in [5.74, 6) is 0.887. The zero-order valence-electron chi connectivity index (χ0n) is 14.0. The van der Waals surface area contributed by atoms with Crippen molar-refractivity contribution in [2.45, 2.75) is 18.9 Å². The third-order valence-corrected chi connectivity index (χ3v) is 7.12. The van der Waals surface area contributed by atoms with E-state index in [-0.39, 0.29) is 0 Å². The summed E-state index contributed by atoms with van der Waals surface area (Å²) < 4.78 is 11.6. The van der Waals surface area contributed by atoms with E-state index in [1.54, 1.807) is 0 Å². The Labute approximate surface area is 149 Å². The molecule has 0 saturated carbocycles. The van der Waals surface area contributed by atoms with E-state index in [2.05, 4.69) is 62.9 Å². The standard InChI is InChI=1S/C20H20N3OP/c1-2-9-17(10-3-1)23-15-18-11-6-14-22(18)25(23)24-19-12-4-7-16-8-5-13-21-20(16)19/h1-5,7-10,12-13,18H,6,11,14-15H2. The highest BCUT2D eigenvalue weighted by molar-refractivity contribution is 7.52. The molecule has 1 aromatic heterocycles. The first-order valence-electron chi connectivity index (χ1n) is 8.81. The van der Waals surface area contributed by atoms with Gasteiger partial charge in [-0.2, -0.15) is 0 Å². The Hall–Kier alpha value is -2.16. The average molecular weight is 349 g/mol. The molecular formula is C20H20N3OP. The van der Waals surface area contributed by atoms with Crippen LogP contribution in [0.15, 0.2) is 66.9 Å². The first kappa shape index (κ1) is 15.1. The lowest BCUT2D eigenvalue weighted by Crippen LogP contribution is -2.20. The summed E-state index contributed by atoms with van der Waals surface area (Å²) >= 11 is 0. The lowest BCUT2D eigenvalue weighted by molar-refractivity contribution is 0.433. The molecular weight excluding hydrogens is 329 g/mol. The molecule has 2 saturated heterocycles. The van der Waals surface area contributed by atoms with Gasteiger partial charge in [0.15, 0.2) is 5.75 Å². The Morgan fingerprint density at radius 2 is 1.88 bits per heavy atom. The zero-order chi connectivity index (χ0) is 16.6. The molecule has 0 aliphatic carbocycles. The van der Waals surface area contributed by atoms with Gasteiger partial charge in [-0.15, -0.1) is 0 Å². The zero-order valence-corrected chi connectivity index (χ0v) is 14.8. The first-order chi connectivity index (χ1) is 12.4. The van der Waals surface area contributed by atoms with E-state index in [9.17, 15) is 0 Å². The van der Waals surface area contributed by atoms with Crippen LogP contribution in [-0.4, -0.2) is 28.8 Å². The predicted molar refractivity (Wildman–Crippen MR) is 103 cm³/mol. The SMILES string of the molecule is c1ccc(N2CC3CCCN3P2Oc2cccc3cccnc23)cc1. The third kappa shape index (κ3) is 2.66. The van der Waals surface area contributed by atoms with Crippen LogP contribution in [0.4, 0.5) is 5.69 Å². The van der Waals surface area contributed by atoms with E-state index in [1.807, 2.05) is 18.3 Å². The molecule has 5 rings (SSSR count). The number of rotatable bonds is 3. The van der Waals surface area contributed by atoms with Gasteiger partial charge in [-0.3, -0.25) is 4.98 Å². The van der Waals surface area contributed by atoms with Crippen LogP contribution in [-0.2, 0) is 0 Å². The molecule has 0 amide bonds. The molecule has 2 aliphatic rings. The van der Waals surface area contributed by atoms with Crippen LogP contribution >= 0.6 is 8.45 Å². The number of fused-ring (bicyclic) bond motifs is 2. The number of benzene rings is 2. The van der Waals surface area contributed by atoms with E-state index < -0.39 is 8.45 Å². The highest BCUT2D eigenvalue weighted by atomic mass is 31.2. The molecule has 0 radical (unpaired) electrons. The van der Waals surface area contributed by atoms with Gasteiger partial charge in [-0.25, -0.2) is 4.67 Å². The molecule has 126 valence electrons. The molecule has 2 atom stereocenters. The van der Waals surface area contributed by atoms with Gasteiger partial charge in [0, 0.05) is 36.4 Å². The van der Waals surface area contributed by atoms with Crippen LogP contribution in [0.1, 0.15) is 12.8 Å². The lowest BCUT2D eigenvalue weighted by Gasteiger charge is -2.29. The van der Waals surface area contributed by atoms with Crippen molar-refractivity contribution in [1.29, 1.82) is 0 Å². The largest absolute Gasteiger partial charge is 0.438 e. The predicted octanol–water partition coefficient (Wildman–Crippen LogP) is 4.83. The van der Waals surface area contributed by atoms with Crippen LogP contribution < -0.4 is 9.19 Å². The van der Waals surface area contributed by atoms with E-state index in [1.165, 1.54) is 18.5 Å². The van der Waals surface area contributed by atoms with Crippen LogP contribution in [0.2, 0.25) is 0 Å². The fourth-order valence-corrected chi connectivity index (χ4v) is 6.03. The summed E-state index contributed by atoms with van der Waals surface area (Å²) in [5.41, 5.74) is 2.19. The maximum absolute atomic E-state index is 6.62. The van der Waals surface area contributed by atoms with Crippen molar-refractivity contribution in [1.82, 2.24) is 9.65 Å². The van der Waals surface area contributed by atoms with Crippen molar-refractivity contribution in [3.8, 4) is 5.75 Å². The second-order valence-corrected chi connectivity index (χ2v) is 8.24. The second-order valence-electron chi connectivity index (χ2n) is 6.55. The minimum Gasteiger partial charge on any atom is -0.438 e. The van der Waals surface area contributed by atoms with E-state index in [0.717, 1.165) is 29.7 Å². The minimum absolute atomic E-state index is 0.606. The highest BCUT2D eigenvalue weighted by Crippen LogP contribution is 2.57. The summed E-state index contributed by atoms with van der Waals surface area (Å²) in [6, 6.07) is 21.5. The highest BCUT2D eigenvalue weighted by Gasteiger charge is 2.45. The number of hydrogen-bond acceptors (Lipinski definition) is 4. The van der Waals surface area contributed by atoms with Crippen molar-refractivity contribution in [3.05, 3.63) is 66.9 Å². The van der Waals surface area contributed by atoms with Crippen LogP contribution in [0.3, 0.4) is 0 Å². The quantitative estimate of drug-likeness (QED) is 0.634. The first-order valence-corrected chi connectivity index (χ1v) is 9.97. The Bertz CT molecular complexity index is 883. The summed E-state index contributed by atoms with van der Waals surface area (Å²) in [7, 11) is -0.848. The topological polar surface area (TPSA) is 28.6 Å². The number of nitrogens with zero attached hydrogens (tertiary/aromatic N) is 3. The molecule has 2 unspecified atom stereocenters. The van der Waals surface area contributed by atoms with Crippen LogP contribution in [0, 0.1) is 0 Å². The Morgan fingerprint density at radius 1 is 1.00 bits per heavy atom. The van der Waals surface area contributed by atoms with Crippen molar-refractivity contribution in [2.75, 3.05) is 17.8 Å². The van der Waals surface area contributed by atoms with E-state index >= 15 is 0 Å². The Balaban J connectivity index is 1.53. The van der Waals surface area contributed by atoms with Gasteiger partial charge in [0.2, 0.25) is 0 Å². The Kier molecular flexibility index (Phi) is 3.80. The van der Waals surface area contributed by atoms with Gasteiger partial charge in [0.25, 0.3) is 8.45 Å². The Morgan fingerprint density at radius 3 is 2.80 bits per heavy atom. The molecule has 2 aromatic carbocycles. The maximum Gasteiger partial charge on any atom is 0.279 e. The summed E-state index contributed by atoms with van der Waals surface area (Å²) in [4.78, 5) is 4.55. The molecule has 3 heterocycles. The fourth-order valence-electron chi connectivity index (χ4n) is 3.78. The molecule has 2 fully saturated rings. The van der Waals surface area contributed by atoms with Crippen molar-refractivity contribution >= 4 is 25.0 Å². The maximum atomic E-state index is 6.62. The minimum atomic E-state index is -0.848. The summed E-state index contributed by atoms with van der Waals surface area (Å²) in [6.45, 7) is 2.17. The third-order valence-electron chi connectivity index (χ3n) is 4.99. The molecule has 0 bridgehead atoms. The van der Waals surface area contributed by atoms with Gasteiger partial charge in [0.05, 0.1) is 0 Å².